The van der Waals surface area contributed by atoms with Crippen LogP contribution >= 0.6 is 0 Å². The summed E-state index contributed by atoms with van der Waals surface area (Å²) in [6, 6.07) is 5.62. The fraction of sp³-hybridized carbons (Fsp3) is 0.318. The Bertz CT molecular complexity index is 1360. The quantitative estimate of drug-likeness (QED) is 0.394. The summed E-state index contributed by atoms with van der Waals surface area (Å²) in [5, 5.41) is 17.7. The highest BCUT2D eigenvalue weighted by Crippen LogP contribution is 2.50. The molecule has 0 saturated carbocycles. The molecular weight excluding hydrogens is 408 g/mol. The van der Waals surface area contributed by atoms with Gasteiger partial charge in [-0.05, 0) is 30.2 Å². The van der Waals surface area contributed by atoms with Crippen molar-refractivity contribution in [3.63, 3.8) is 0 Å². The maximum absolute atomic E-state index is 13.0. The van der Waals surface area contributed by atoms with Crippen molar-refractivity contribution in [3.8, 4) is 11.4 Å². The van der Waals surface area contributed by atoms with Crippen LogP contribution in [0.2, 0.25) is 0 Å². The third kappa shape index (κ3) is 2.62. The number of rotatable bonds is 3. The Morgan fingerprint density at radius 1 is 1.19 bits per heavy atom. The number of hydrogen-bond acceptors (Lipinski definition) is 5. The first kappa shape index (κ1) is 18.8. The van der Waals surface area contributed by atoms with Gasteiger partial charge in [0.05, 0.1) is 17.6 Å². The zero-order chi connectivity index (χ0) is 22.0. The molecule has 10 heteroatoms. The number of fused-ring (bicyclic) bond motifs is 5. The number of H-pyrrole nitrogens is 3. The van der Waals surface area contributed by atoms with E-state index in [1.54, 1.807) is 4.90 Å². The predicted octanol–water partition coefficient (Wildman–Crippen LogP) is 1.96. The molecule has 2 aliphatic rings. The SMILES string of the molecule is CC1(C)c2cn[nH]c2-c2[nH]c3ccc(C(=O)NC4CCN(C(=O)c5ncn[nH]5)C4)cc3c21. The standard InChI is InChI=1S/C22H22N8O2/c1-22(2)14-8-24-28-17(14)18-16(22)13-7-11(3-4-15(13)27-18)20(31)26-12-5-6-30(9-12)21(32)19-23-10-25-29-19/h3-4,7-8,10,12,27H,5-6,9H2,1-2H3,(H,24,28)(H,26,31)(H,23,25,29). The van der Waals surface area contributed by atoms with Crippen LogP contribution in [-0.4, -0.2) is 66.2 Å². The van der Waals surface area contributed by atoms with Gasteiger partial charge in [-0.3, -0.25) is 19.8 Å². The molecule has 1 fully saturated rings. The van der Waals surface area contributed by atoms with Gasteiger partial charge in [-0.15, -0.1) is 0 Å². The molecule has 4 heterocycles. The van der Waals surface area contributed by atoms with E-state index in [1.807, 2.05) is 24.4 Å². The Hall–Kier alpha value is -3.95. The van der Waals surface area contributed by atoms with Gasteiger partial charge in [-0.1, -0.05) is 13.8 Å². The van der Waals surface area contributed by atoms with Crippen LogP contribution < -0.4 is 5.32 Å². The van der Waals surface area contributed by atoms with Gasteiger partial charge in [0.2, 0.25) is 5.82 Å². The maximum atomic E-state index is 13.0. The molecule has 1 atom stereocenters. The first-order valence-electron chi connectivity index (χ1n) is 10.6. The molecule has 162 valence electrons. The normalized spacial score (nSPS) is 18.7. The lowest BCUT2D eigenvalue weighted by Crippen LogP contribution is -2.38. The first-order valence-corrected chi connectivity index (χ1v) is 10.6. The van der Waals surface area contributed by atoms with E-state index in [0.717, 1.165) is 27.9 Å². The molecule has 1 aromatic carbocycles. The van der Waals surface area contributed by atoms with Crippen molar-refractivity contribution in [1.82, 2.24) is 40.6 Å². The molecule has 4 N–H and O–H groups in total. The molecule has 6 rings (SSSR count). The second-order valence-electron chi connectivity index (χ2n) is 8.96. The van der Waals surface area contributed by atoms with E-state index in [-0.39, 0.29) is 29.1 Å². The highest BCUT2D eigenvalue weighted by Gasteiger charge is 2.40. The number of aromatic nitrogens is 6. The molecule has 32 heavy (non-hydrogen) atoms. The number of aromatic amines is 3. The molecule has 0 bridgehead atoms. The van der Waals surface area contributed by atoms with Crippen molar-refractivity contribution in [2.45, 2.75) is 31.7 Å². The van der Waals surface area contributed by atoms with E-state index in [1.165, 1.54) is 11.9 Å². The summed E-state index contributed by atoms with van der Waals surface area (Å²) >= 11 is 0. The second-order valence-corrected chi connectivity index (χ2v) is 8.96. The summed E-state index contributed by atoms with van der Waals surface area (Å²) in [6.07, 6.45) is 3.88. The summed E-state index contributed by atoms with van der Waals surface area (Å²) < 4.78 is 0. The van der Waals surface area contributed by atoms with Crippen LogP contribution in [0.5, 0.6) is 0 Å². The Morgan fingerprint density at radius 2 is 2.06 bits per heavy atom. The Balaban J connectivity index is 1.24. The number of carbonyl (C=O) groups is 2. The average Bonchev–Trinajstić information content (AvgIpc) is 3.58. The van der Waals surface area contributed by atoms with Gasteiger partial charge in [0.15, 0.2) is 0 Å². The van der Waals surface area contributed by atoms with Crippen LogP contribution in [0.1, 0.15) is 52.4 Å². The fourth-order valence-electron chi connectivity index (χ4n) is 5.04. The molecule has 3 aromatic heterocycles. The minimum atomic E-state index is -0.210. The van der Waals surface area contributed by atoms with Crippen LogP contribution in [0.15, 0.2) is 30.7 Å². The minimum Gasteiger partial charge on any atom is -0.353 e. The van der Waals surface area contributed by atoms with Crippen molar-refractivity contribution >= 4 is 22.7 Å². The third-order valence-electron chi connectivity index (χ3n) is 6.68. The van der Waals surface area contributed by atoms with Gasteiger partial charge in [0.25, 0.3) is 11.8 Å². The molecular formula is C22H22N8O2. The molecule has 0 spiro atoms. The van der Waals surface area contributed by atoms with Gasteiger partial charge >= 0.3 is 0 Å². The van der Waals surface area contributed by atoms with Crippen LogP contribution in [-0.2, 0) is 5.41 Å². The number of carbonyl (C=O) groups excluding carboxylic acids is 2. The van der Waals surface area contributed by atoms with Crippen molar-refractivity contribution in [1.29, 1.82) is 0 Å². The topological polar surface area (TPSA) is 135 Å². The lowest BCUT2D eigenvalue weighted by molar-refractivity contribution is 0.0772. The van der Waals surface area contributed by atoms with Gasteiger partial charge < -0.3 is 15.2 Å². The van der Waals surface area contributed by atoms with Gasteiger partial charge in [0, 0.05) is 46.6 Å². The van der Waals surface area contributed by atoms with Crippen LogP contribution in [0.25, 0.3) is 22.3 Å². The van der Waals surface area contributed by atoms with Crippen LogP contribution in [0.4, 0.5) is 0 Å². The summed E-state index contributed by atoms with van der Waals surface area (Å²) in [5.41, 5.74) is 5.75. The third-order valence-corrected chi connectivity index (χ3v) is 6.68. The highest BCUT2D eigenvalue weighted by molar-refractivity contribution is 6.02. The van der Waals surface area contributed by atoms with Crippen molar-refractivity contribution in [2.75, 3.05) is 13.1 Å². The average molecular weight is 430 g/mol. The van der Waals surface area contributed by atoms with Crippen molar-refractivity contribution < 1.29 is 9.59 Å². The molecule has 4 aromatic rings. The highest BCUT2D eigenvalue weighted by atomic mass is 16.2. The monoisotopic (exact) mass is 430 g/mol. The summed E-state index contributed by atoms with van der Waals surface area (Å²) in [7, 11) is 0. The molecule has 1 aliphatic heterocycles. The first-order chi connectivity index (χ1) is 15.4. The lowest BCUT2D eigenvalue weighted by atomic mass is 9.82. The molecule has 0 radical (unpaired) electrons. The zero-order valence-corrected chi connectivity index (χ0v) is 17.7. The lowest BCUT2D eigenvalue weighted by Gasteiger charge is -2.19. The fourth-order valence-corrected chi connectivity index (χ4v) is 5.04. The second kappa shape index (κ2) is 6.52. The van der Waals surface area contributed by atoms with Gasteiger partial charge in [-0.2, -0.15) is 10.2 Å². The van der Waals surface area contributed by atoms with Crippen molar-refractivity contribution in [2.24, 2.45) is 0 Å². The molecule has 2 amide bonds. The Kier molecular flexibility index (Phi) is 3.83. The van der Waals surface area contributed by atoms with E-state index in [0.29, 0.717) is 25.1 Å². The van der Waals surface area contributed by atoms with Crippen LogP contribution in [0.3, 0.4) is 0 Å². The van der Waals surface area contributed by atoms with E-state index >= 15 is 0 Å². The Labute approximate surface area is 182 Å². The van der Waals surface area contributed by atoms with E-state index in [9.17, 15) is 9.59 Å². The van der Waals surface area contributed by atoms with Crippen molar-refractivity contribution in [3.05, 3.63) is 53.2 Å². The smallest absolute Gasteiger partial charge is 0.291 e. The number of nitrogens with zero attached hydrogens (tertiary/aromatic N) is 4. The number of likely N-dealkylation sites (tertiary alicyclic amines) is 1. The summed E-state index contributed by atoms with van der Waals surface area (Å²) in [4.78, 5) is 34.5. The summed E-state index contributed by atoms with van der Waals surface area (Å²) in [6.45, 7) is 5.36. The van der Waals surface area contributed by atoms with E-state index < -0.39 is 0 Å². The zero-order valence-electron chi connectivity index (χ0n) is 17.7. The maximum Gasteiger partial charge on any atom is 0.291 e. The van der Waals surface area contributed by atoms with Crippen LogP contribution in [0, 0.1) is 0 Å². The van der Waals surface area contributed by atoms with Gasteiger partial charge in [-0.25, -0.2) is 4.98 Å². The molecule has 1 aliphatic carbocycles. The molecule has 1 saturated heterocycles. The number of nitrogens with one attached hydrogen (secondary N) is 4. The molecule has 1 unspecified atom stereocenters. The summed E-state index contributed by atoms with van der Waals surface area (Å²) in [5.74, 6) is -0.133. The van der Waals surface area contributed by atoms with Gasteiger partial charge in [0.1, 0.15) is 6.33 Å². The largest absolute Gasteiger partial charge is 0.353 e. The number of benzene rings is 1. The predicted molar refractivity (Wildman–Crippen MR) is 116 cm³/mol. The number of hydrogen-bond donors (Lipinski definition) is 4. The Morgan fingerprint density at radius 3 is 2.88 bits per heavy atom. The van der Waals surface area contributed by atoms with E-state index in [2.05, 4.69) is 49.5 Å². The van der Waals surface area contributed by atoms with E-state index in [4.69, 9.17) is 0 Å². The molecule has 10 nitrogen and oxygen atoms in total. The number of amides is 2. The minimum absolute atomic E-state index is 0.107.